The molecule has 1 saturated heterocycles. The Balaban J connectivity index is 1.92. The second kappa shape index (κ2) is 7.26. The van der Waals surface area contributed by atoms with Crippen molar-refractivity contribution in [1.29, 1.82) is 0 Å². The van der Waals surface area contributed by atoms with Crippen LogP contribution in [0.25, 0.3) is 0 Å². The molecule has 2 atom stereocenters. The summed E-state index contributed by atoms with van der Waals surface area (Å²) in [6.45, 7) is 11.7. The summed E-state index contributed by atoms with van der Waals surface area (Å²) in [6, 6.07) is 6.37. The van der Waals surface area contributed by atoms with Gasteiger partial charge in [-0.25, -0.2) is 4.79 Å². The van der Waals surface area contributed by atoms with Gasteiger partial charge in [-0.15, -0.1) is 0 Å². The lowest BCUT2D eigenvalue weighted by Gasteiger charge is -2.27. The number of hydrogen-bond acceptors (Lipinski definition) is 4. The number of allylic oxidation sites excluding steroid dienone is 2. The van der Waals surface area contributed by atoms with Crippen LogP contribution in [0.4, 0.5) is 4.79 Å². The molecule has 2 heterocycles. The fourth-order valence-electron chi connectivity index (χ4n) is 3.79. The lowest BCUT2D eigenvalue weighted by atomic mass is 9.93. The van der Waals surface area contributed by atoms with Gasteiger partial charge in [0, 0.05) is 19.0 Å². The van der Waals surface area contributed by atoms with Gasteiger partial charge in [0.05, 0.1) is 17.2 Å². The van der Waals surface area contributed by atoms with Crippen LogP contribution in [0.15, 0.2) is 48.6 Å². The van der Waals surface area contributed by atoms with Gasteiger partial charge in [-0.1, -0.05) is 36.4 Å². The van der Waals surface area contributed by atoms with E-state index < -0.39 is 17.7 Å². The van der Waals surface area contributed by atoms with E-state index in [-0.39, 0.29) is 24.3 Å². The van der Waals surface area contributed by atoms with Gasteiger partial charge in [-0.05, 0) is 39.8 Å². The van der Waals surface area contributed by atoms with Crippen molar-refractivity contribution in [2.45, 2.75) is 39.3 Å². The highest BCUT2D eigenvalue weighted by atomic mass is 16.6. The highest BCUT2D eigenvalue weighted by Crippen LogP contribution is 2.34. The van der Waals surface area contributed by atoms with Crippen LogP contribution in [0.1, 0.15) is 48.4 Å². The van der Waals surface area contributed by atoms with E-state index in [4.69, 9.17) is 4.74 Å². The number of likely N-dealkylation sites (tertiary alicyclic amines) is 1. The Kier molecular flexibility index (Phi) is 5.15. The SMILES string of the molecule is C=CC=C(C)C1CN(C(=O)OC(C)(C)C)CC1N1C(=O)c2ccccc2C1=O. The van der Waals surface area contributed by atoms with Crippen LogP contribution in [0.2, 0.25) is 0 Å². The predicted molar refractivity (Wildman–Crippen MR) is 106 cm³/mol. The van der Waals surface area contributed by atoms with Crippen LogP contribution in [0.3, 0.4) is 0 Å². The number of nitrogens with zero attached hydrogens (tertiary/aromatic N) is 2. The average molecular weight is 382 g/mol. The van der Waals surface area contributed by atoms with E-state index in [0.717, 1.165) is 5.57 Å². The minimum Gasteiger partial charge on any atom is -0.444 e. The number of ether oxygens (including phenoxy) is 1. The lowest BCUT2D eigenvalue weighted by molar-refractivity contribution is 0.0272. The molecule has 1 aromatic carbocycles. The van der Waals surface area contributed by atoms with Gasteiger partial charge in [-0.2, -0.15) is 0 Å². The van der Waals surface area contributed by atoms with Crippen molar-refractivity contribution >= 4 is 17.9 Å². The van der Waals surface area contributed by atoms with Gasteiger partial charge in [0.2, 0.25) is 0 Å². The number of carbonyl (C=O) groups is 3. The number of rotatable bonds is 3. The zero-order valence-electron chi connectivity index (χ0n) is 16.8. The standard InChI is InChI=1S/C22H26N2O4/c1-6-9-14(2)17-12-23(21(27)28-22(3,4)5)13-18(17)24-19(25)15-10-7-8-11-16(15)20(24)26/h6-11,17-18H,1,12-13H2,2-5H3. The van der Waals surface area contributed by atoms with Gasteiger partial charge in [0.15, 0.2) is 0 Å². The first-order chi connectivity index (χ1) is 13.1. The monoisotopic (exact) mass is 382 g/mol. The average Bonchev–Trinajstić information content (AvgIpc) is 3.15. The summed E-state index contributed by atoms with van der Waals surface area (Å²) in [5.41, 5.74) is 1.16. The Morgan fingerprint density at radius 3 is 2.21 bits per heavy atom. The first kappa shape index (κ1) is 19.9. The van der Waals surface area contributed by atoms with Crippen molar-refractivity contribution < 1.29 is 19.1 Å². The summed E-state index contributed by atoms with van der Waals surface area (Å²) < 4.78 is 5.50. The molecule has 0 bridgehead atoms. The molecule has 0 aliphatic carbocycles. The molecule has 1 aromatic rings. The van der Waals surface area contributed by atoms with Gasteiger partial charge < -0.3 is 9.64 Å². The van der Waals surface area contributed by atoms with Crippen LogP contribution in [0, 0.1) is 5.92 Å². The topological polar surface area (TPSA) is 66.9 Å². The van der Waals surface area contributed by atoms with Crippen LogP contribution < -0.4 is 0 Å². The molecule has 2 unspecified atom stereocenters. The molecule has 2 aliphatic heterocycles. The van der Waals surface area contributed by atoms with E-state index in [1.54, 1.807) is 35.2 Å². The molecule has 0 radical (unpaired) electrons. The summed E-state index contributed by atoms with van der Waals surface area (Å²) in [6.07, 6.45) is 3.09. The fourth-order valence-corrected chi connectivity index (χ4v) is 3.79. The summed E-state index contributed by atoms with van der Waals surface area (Å²) in [4.78, 5) is 41.4. The Labute approximate surface area is 165 Å². The second-order valence-corrected chi connectivity index (χ2v) is 8.23. The van der Waals surface area contributed by atoms with E-state index >= 15 is 0 Å². The first-order valence-corrected chi connectivity index (χ1v) is 9.38. The van der Waals surface area contributed by atoms with Crippen molar-refractivity contribution in [3.63, 3.8) is 0 Å². The van der Waals surface area contributed by atoms with Crippen molar-refractivity contribution in [3.8, 4) is 0 Å². The molecule has 0 N–H and O–H groups in total. The summed E-state index contributed by atoms with van der Waals surface area (Å²) in [5, 5.41) is 0. The summed E-state index contributed by atoms with van der Waals surface area (Å²) >= 11 is 0. The molecule has 0 saturated carbocycles. The molecule has 0 spiro atoms. The van der Waals surface area contributed by atoms with Gasteiger partial charge in [0.25, 0.3) is 11.8 Å². The van der Waals surface area contributed by atoms with E-state index in [9.17, 15) is 14.4 Å². The predicted octanol–water partition coefficient (Wildman–Crippen LogP) is 3.65. The maximum Gasteiger partial charge on any atom is 0.410 e. The largest absolute Gasteiger partial charge is 0.444 e. The van der Waals surface area contributed by atoms with Crippen LogP contribution in [0.5, 0.6) is 0 Å². The van der Waals surface area contributed by atoms with E-state index in [1.165, 1.54) is 4.90 Å². The van der Waals surface area contributed by atoms with E-state index in [2.05, 4.69) is 6.58 Å². The van der Waals surface area contributed by atoms with E-state index in [0.29, 0.717) is 17.7 Å². The van der Waals surface area contributed by atoms with Crippen molar-refractivity contribution in [2.75, 3.05) is 13.1 Å². The zero-order chi connectivity index (χ0) is 20.6. The molecule has 1 fully saturated rings. The molecular formula is C22H26N2O4. The molecule has 6 nitrogen and oxygen atoms in total. The maximum absolute atomic E-state index is 13.0. The molecule has 28 heavy (non-hydrogen) atoms. The maximum atomic E-state index is 13.0. The Hall–Kier alpha value is -2.89. The third-order valence-electron chi connectivity index (χ3n) is 5.06. The van der Waals surface area contributed by atoms with E-state index in [1.807, 2.05) is 33.8 Å². The van der Waals surface area contributed by atoms with Crippen molar-refractivity contribution in [3.05, 3.63) is 59.7 Å². The van der Waals surface area contributed by atoms with Gasteiger partial charge in [-0.3, -0.25) is 14.5 Å². The van der Waals surface area contributed by atoms with Crippen molar-refractivity contribution in [2.24, 2.45) is 5.92 Å². The molecule has 3 amide bonds. The highest BCUT2D eigenvalue weighted by Gasteiger charge is 2.48. The zero-order valence-corrected chi connectivity index (χ0v) is 16.8. The third-order valence-corrected chi connectivity index (χ3v) is 5.06. The summed E-state index contributed by atoms with van der Waals surface area (Å²) in [5.74, 6) is -0.797. The Morgan fingerprint density at radius 1 is 1.14 bits per heavy atom. The molecule has 2 aliphatic rings. The fraction of sp³-hybridized carbons (Fsp3) is 0.409. The molecule has 0 aromatic heterocycles. The first-order valence-electron chi connectivity index (χ1n) is 9.38. The second-order valence-electron chi connectivity index (χ2n) is 8.23. The number of imide groups is 1. The molecule has 6 heteroatoms. The number of hydrogen-bond donors (Lipinski definition) is 0. The minimum atomic E-state index is -0.619. The molecule has 3 rings (SSSR count). The molecular weight excluding hydrogens is 356 g/mol. The number of fused-ring (bicyclic) bond motifs is 1. The minimum absolute atomic E-state index is 0.173. The lowest BCUT2D eigenvalue weighted by Crippen LogP contribution is -2.45. The number of carbonyl (C=O) groups excluding carboxylic acids is 3. The Bertz CT molecular complexity index is 831. The van der Waals surface area contributed by atoms with Crippen molar-refractivity contribution in [1.82, 2.24) is 9.80 Å². The number of benzene rings is 1. The van der Waals surface area contributed by atoms with Gasteiger partial charge in [0.1, 0.15) is 5.60 Å². The normalized spacial score (nSPS) is 22.5. The Morgan fingerprint density at radius 2 is 1.71 bits per heavy atom. The van der Waals surface area contributed by atoms with Crippen LogP contribution >= 0.6 is 0 Å². The van der Waals surface area contributed by atoms with Gasteiger partial charge >= 0.3 is 6.09 Å². The highest BCUT2D eigenvalue weighted by molar-refractivity contribution is 6.21. The smallest absolute Gasteiger partial charge is 0.410 e. The van der Waals surface area contributed by atoms with Crippen LogP contribution in [-0.2, 0) is 4.74 Å². The quantitative estimate of drug-likeness (QED) is 0.591. The third kappa shape index (κ3) is 3.59. The summed E-state index contributed by atoms with van der Waals surface area (Å²) in [7, 11) is 0. The van der Waals surface area contributed by atoms with Crippen LogP contribution in [-0.4, -0.2) is 52.4 Å². The molecule has 148 valence electrons. The number of amides is 3.